The van der Waals surface area contributed by atoms with Crippen molar-refractivity contribution in [1.29, 1.82) is 5.26 Å². The van der Waals surface area contributed by atoms with E-state index in [4.69, 9.17) is 0 Å². The number of unbranched alkanes of at least 4 members (excludes halogenated alkanes) is 4. The molecule has 0 amide bonds. The van der Waals surface area contributed by atoms with E-state index in [1.165, 1.54) is 89.9 Å². The summed E-state index contributed by atoms with van der Waals surface area (Å²) in [5, 5.41) is 9.73. The summed E-state index contributed by atoms with van der Waals surface area (Å²) < 4.78 is 0. The fourth-order valence-corrected chi connectivity index (χ4v) is 4.91. The van der Waals surface area contributed by atoms with Crippen LogP contribution in [0.4, 0.5) is 0 Å². The zero-order chi connectivity index (χ0) is 15.8. The van der Waals surface area contributed by atoms with E-state index in [0.717, 1.165) is 17.8 Å². The van der Waals surface area contributed by atoms with Crippen LogP contribution < -0.4 is 0 Å². The summed E-state index contributed by atoms with van der Waals surface area (Å²) in [5.41, 5.74) is 0.0463. The zero-order valence-electron chi connectivity index (χ0n) is 15.1. The van der Waals surface area contributed by atoms with Gasteiger partial charge in [-0.2, -0.15) is 5.26 Å². The van der Waals surface area contributed by atoms with Crippen LogP contribution in [0.1, 0.15) is 104 Å². The summed E-state index contributed by atoms with van der Waals surface area (Å²) >= 11 is 0. The molecule has 2 aliphatic rings. The Kier molecular flexibility index (Phi) is 7.26. The van der Waals surface area contributed by atoms with Gasteiger partial charge in [0.15, 0.2) is 0 Å². The molecular formula is C21H37N. The molecule has 1 heteroatoms. The van der Waals surface area contributed by atoms with E-state index in [0.29, 0.717) is 0 Å². The molecule has 126 valence electrons. The lowest BCUT2D eigenvalue weighted by Crippen LogP contribution is -2.30. The molecule has 0 heterocycles. The van der Waals surface area contributed by atoms with Crippen LogP contribution in [0.2, 0.25) is 0 Å². The number of nitriles is 1. The first kappa shape index (κ1) is 17.8. The molecule has 2 aliphatic carbocycles. The first-order chi connectivity index (χ1) is 10.7. The maximum Gasteiger partial charge on any atom is 0.0689 e. The van der Waals surface area contributed by atoms with Gasteiger partial charge in [0.1, 0.15) is 0 Å². The molecule has 2 saturated carbocycles. The molecule has 1 nitrogen and oxygen atoms in total. The monoisotopic (exact) mass is 303 g/mol. The Bertz CT molecular complexity index is 337. The van der Waals surface area contributed by atoms with Crippen molar-refractivity contribution in [3.8, 4) is 6.07 Å². The predicted molar refractivity (Wildman–Crippen MR) is 94.5 cm³/mol. The average Bonchev–Trinajstić information content (AvgIpc) is 2.56. The lowest BCUT2D eigenvalue weighted by molar-refractivity contribution is 0.119. The van der Waals surface area contributed by atoms with Crippen molar-refractivity contribution in [1.82, 2.24) is 0 Å². The van der Waals surface area contributed by atoms with E-state index in [1.807, 2.05) is 0 Å². The summed E-state index contributed by atoms with van der Waals surface area (Å²) in [6, 6.07) is 2.74. The largest absolute Gasteiger partial charge is 0.198 e. The Hall–Kier alpha value is -0.510. The number of hydrogen-bond acceptors (Lipinski definition) is 1. The van der Waals surface area contributed by atoms with Crippen molar-refractivity contribution in [2.24, 2.45) is 23.2 Å². The minimum absolute atomic E-state index is 0.0463. The van der Waals surface area contributed by atoms with E-state index < -0.39 is 0 Å². The SMILES string of the molecule is CCCCCCCC1(C#N)CCC(C2CCC(C)CC2)CC1. The van der Waals surface area contributed by atoms with Crippen molar-refractivity contribution in [2.75, 3.05) is 0 Å². The third-order valence-corrected chi connectivity index (χ3v) is 6.71. The highest BCUT2D eigenvalue weighted by atomic mass is 14.4. The van der Waals surface area contributed by atoms with Crippen molar-refractivity contribution in [2.45, 2.75) is 104 Å². The quantitative estimate of drug-likeness (QED) is 0.470. The Balaban J connectivity index is 1.72. The van der Waals surface area contributed by atoms with Crippen LogP contribution in [0.5, 0.6) is 0 Å². The second-order valence-corrected chi connectivity index (χ2v) is 8.41. The fourth-order valence-electron chi connectivity index (χ4n) is 4.91. The molecule has 2 fully saturated rings. The zero-order valence-corrected chi connectivity index (χ0v) is 15.1. The third-order valence-electron chi connectivity index (χ3n) is 6.71. The molecule has 0 aromatic rings. The normalized spacial score (nSPS) is 36.0. The molecule has 22 heavy (non-hydrogen) atoms. The van der Waals surface area contributed by atoms with Gasteiger partial charge < -0.3 is 0 Å². The molecule has 2 rings (SSSR count). The lowest BCUT2D eigenvalue weighted by Gasteiger charge is -2.40. The van der Waals surface area contributed by atoms with Crippen molar-refractivity contribution >= 4 is 0 Å². The first-order valence-electron chi connectivity index (χ1n) is 10.1. The second kappa shape index (κ2) is 8.95. The van der Waals surface area contributed by atoms with Gasteiger partial charge in [-0.25, -0.2) is 0 Å². The Morgan fingerprint density at radius 2 is 1.45 bits per heavy atom. The predicted octanol–water partition coefficient (Wildman–Crippen LogP) is 6.87. The molecular weight excluding hydrogens is 266 g/mol. The van der Waals surface area contributed by atoms with Gasteiger partial charge in [-0.05, 0) is 62.7 Å². The van der Waals surface area contributed by atoms with Crippen LogP contribution in [0.3, 0.4) is 0 Å². The molecule has 0 radical (unpaired) electrons. The van der Waals surface area contributed by atoms with Crippen molar-refractivity contribution in [3.05, 3.63) is 0 Å². The Morgan fingerprint density at radius 1 is 0.864 bits per heavy atom. The van der Waals surface area contributed by atoms with E-state index in [-0.39, 0.29) is 5.41 Å². The maximum atomic E-state index is 9.73. The van der Waals surface area contributed by atoms with Crippen molar-refractivity contribution in [3.63, 3.8) is 0 Å². The highest BCUT2D eigenvalue weighted by Gasteiger charge is 2.37. The third kappa shape index (κ3) is 5.00. The molecule has 0 aliphatic heterocycles. The molecule has 0 aromatic heterocycles. The highest BCUT2D eigenvalue weighted by molar-refractivity contribution is 5.02. The maximum absolute atomic E-state index is 9.73. The van der Waals surface area contributed by atoms with Crippen LogP contribution in [-0.2, 0) is 0 Å². The number of nitrogens with zero attached hydrogens (tertiary/aromatic N) is 1. The smallest absolute Gasteiger partial charge is 0.0689 e. The summed E-state index contributed by atoms with van der Waals surface area (Å²) in [6.07, 6.45) is 18.7. The highest BCUT2D eigenvalue weighted by Crippen LogP contribution is 2.47. The van der Waals surface area contributed by atoms with Gasteiger partial charge in [-0.15, -0.1) is 0 Å². The van der Waals surface area contributed by atoms with Crippen LogP contribution in [-0.4, -0.2) is 0 Å². The van der Waals surface area contributed by atoms with Gasteiger partial charge in [0.2, 0.25) is 0 Å². The van der Waals surface area contributed by atoms with Crippen molar-refractivity contribution < 1.29 is 0 Å². The van der Waals surface area contributed by atoms with Gasteiger partial charge in [0.25, 0.3) is 0 Å². The van der Waals surface area contributed by atoms with E-state index in [1.54, 1.807) is 0 Å². The van der Waals surface area contributed by atoms with Gasteiger partial charge in [-0.1, -0.05) is 58.8 Å². The fraction of sp³-hybridized carbons (Fsp3) is 0.952. The van der Waals surface area contributed by atoms with E-state index in [2.05, 4.69) is 19.9 Å². The molecule has 0 spiro atoms. The molecule has 0 atom stereocenters. The van der Waals surface area contributed by atoms with Crippen LogP contribution in [0.25, 0.3) is 0 Å². The topological polar surface area (TPSA) is 23.8 Å². The molecule has 0 saturated heterocycles. The van der Waals surface area contributed by atoms with E-state index >= 15 is 0 Å². The number of rotatable bonds is 7. The minimum atomic E-state index is 0.0463. The summed E-state index contributed by atoms with van der Waals surface area (Å²) in [4.78, 5) is 0. The lowest BCUT2D eigenvalue weighted by atomic mass is 9.63. The van der Waals surface area contributed by atoms with Gasteiger partial charge in [0.05, 0.1) is 11.5 Å². The summed E-state index contributed by atoms with van der Waals surface area (Å²) in [6.45, 7) is 4.68. The summed E-state index contributed by atoms with van der Waals surface area (Å²) in [7, 11) is 0. The van der Waals surface area contributed by atoms with E-state index in [9.17, 15) is 5.26 Å². The molecule has 0 unspecified atom stereocenters. The minimum Gasteiger partial charge on any atom is -0.198 e. The van der Waals surface area contributed by atoms with Gasteiger partial charge in [0, 0.05) is 0 Å². The standard InChI is InChI=1S/C21H37N/c1-3-4-5-6-7-14-21(17-22)15-12-20(13-16-21)19-10-8-18(2)9-11-19/h18-20H,3-16H2,1-2H3. The molecule has 0 N–H and O–H groups in total. The van der Waals surface area contributed by atoms with Gasteiger partial charge >= 0.3 is 0 Å². The first-order valence-corrected chi connectivity index (χ1v) is 10.1. The van der Waals surface area contributed by atoms with Gasteiger partial charge in [-0.3, -0.25) is 0 Å². The average molecular weight is 304 g/mol. The van der Waals surface area contributed by atoms with Crippen LogP contribution >= 0.6 is 0 Å². The Labute approximate surface area is 138 Å². The Morgan fingerprint density at radius 3 is 2.05 bits per heavy atom. The summed E-state index contributed by atoms with van der Waals surface area (Å²) in [5.74, 6) is 2.88. The molecule has 0 bridgehead atoms. The molecule has 0 aromatic carbocycles. The number of hydrogen-bond donors (Lipinski definition) is 0. The van der Waals surface area contributed by atoms with Crippen LogP contribution in [0.15, 0.2) is 0 Å². The second-order valence-electron chi connectivity index (χ2n) is 8.41. The van der Waals surface area contributed by atoms with Crippen LogP contribution in [0, 0.1) is 34.5 Å².